The number of halogens is 1. The first-order chi connectivity index (χ1) is 15.7. The van der Waals surface area contributed by atoms with Crippen molar-refractivity contribution < 1.29 is 23.1 Å². The van der Waals surface area contributed by atoms with E-state index in [0.29, 0.717) is 5.69 Å². The third kappa shape index (κ3) is 6.19. The summed E-state index contributed by atoms with van der Waals surface area (Å²) in [5.41, 5.74) is 1.26. The van der Waals surface area contributed by atoms with Gasteiger partial charge < -0.3 is 20.5 Å². The van der Waals surface area contributed by atoms with Crippen LogP contribution in [0.15, 0.2) is 59.6 Å². The number of hydrogen-bond donors (Lipinski definition) is 3. The van der Waals surface area contributed by atoms with Gasteiger partial charge in [0.15, 0.2) is 9.84 Å². The molecule has 0 fully saturated rings. The minimum atomic E-state index is -3.41. The van der Waals surface area contributed by atoms with Crippen molar-refractivity contribution in [1.29, 1.82) is 0 Å². The lowest BCUT2D eigenvalue weighted by Crippen LogP contribution is -2.19. The van der Waals surface area contributed by atoms with E-state index >= 15 is 0 Å². The van der Waals surface area contributed by atoms with Crippen LogP contribution in [0.3, 0.4) is 0 Å². The van der Waals surface area contributed by atoms with Crippen LogP contribution in [-0.2, 0) is 14.6 Å². The van der Waals surface area contributed by atoms with Gasteiger partial charge in [-0.15, -0.1) is 0 Å². The van der Waals surface area contributed by atoms with E-state index in [2.05, 4.69) is 20.6 Å². The van der Waals surface area contributed by atoms with Crippen molar-refractivity contribution >= 4 is 44.9 Å². The average Bonchev–Trinajstić information content (AvgIpc) is 2.79. The van der Waals surface area contributed by atoms with Crippen LogP contribution in [0.25, 0.3) is 0 Å². The number of sulfone groups is 1. The monoisotopic (exact) mass is 490 g/mol. The number of hydrogen-bond acceptors (Lipinski definition) is 9. The Morgan fingerprint density at radius 1 is 1.21 bits per heavy atom. The second-order valence-electron chi connectivity index (χ2n) is 7.01. The van der Waals surface area contributed by atoms with Crippen LogP contribution in [-0.4, -0.2) is 48.9 Å². The van der Waals surface area contributed by atoms with Crippen LogP contribution in [0.4, 0.5) is 17.5 Å². The first kappa shape index (κ1) is 24.4. The van der Waals surface area contributed by atoms with Gasteiger partial charge in [0.05, 0.1) is 34.9 Å². The summed E-state index contributed by atoms with van der Waals surface area (Å²) in [7, 11) is -3.41. The number of aliphatic hydroxyl groups is 1. The third-order valence-electron chi connectivity index (χ3n) is 4.59. The number of aromatic nitrogens is 2. The Bertz CT molecular complexity index is 1240. The SMILES string of the molecule is CCOC(=O)c1cnc(Nc2ccc(S(C)(=O)=O)cc2Cl)nc1N[C@H](CO)c1ccccc1. The van der Waals surface area contributed by atoms with Gasteiger partial charge in [-0.1, -0.05) is 41.9 Å². The summed E-state index contributed by atoms with van der Waals surface area (Å²) < 4.78 is 28.5. The standard InChI is InChI=1S/C22H23ClN4O5S/c1-3-32-21(29)16-12-24-22(26-18-10-9-15(11-17(18)23)33(2,30)31)27-20(16)25-19(13-28)14-7-5-4-6-8-14/h4-12,19,28H,3,13H2,1-2H3,(H2,24,25,26,27)/t19-/m1/s1. The number of nitrogens with zero attached hydrogens (tertiary/aromatic N) is 2. The smallest absolute Gasteiger partial charge is 0.343 e. The van der Waals surface area contributed by atoms with Gasteiger partial charge >= 0.3 is 5.97 Å². The van der Waals surface area contributed by atoms with Crippen LogP contribution in [0.2, 0.25) is 5.02 Å². The van der Waals surface area contributed by atoms with Crippen molar-refractivity contribution in [2.75, 3.05) is 30.1 Å². The van der Waals surface area contributed by atoms with Crippen molar-refractivity contribution in [3.63, 3.8) is 0 Å². The number of nitrogens with one attached hydrogen (secondary N) is 2. The lowest BCUT2D eigenvalue weighted by molar-refractivity contribution is 0.0526. The number of rotatable bonds is 9. The molecule has 9 nitrogen and oxygen atoms in total. The summed E-state index contributed by atoms with van der Waals surface area (Å²) >= 11 is 6.23. The van der Waals surface area contributed by atoms with Gasteiger partial charge in [0.2, 0.25) is 5.95 Å². The lowest BCUT2D eigenvalue weighted by atomic mass is 10.1. The zero-order valence-corrected chi connectivity index (χ0v) is 19.5. The number of benzene rings is 2. The Morgan fingerprint density at radius 2 is 1.94 bits per heavy atom. The summed E-state index contributed by atoms with van der Waals surface area (Å²) in [6, 6.07) is 12.9. The van der Waals surface area contributed by atoms with E-state index in [4.69, 9.17) is 16.3 Å². The maximum Gasteiger partial charge on any atom is 0.343 e. The minimum absolute atomic E-state index is 0.0765. The zero-order chi connectivity index (χ0) is 24.0. The molecule has 3 N–H and O–H groups in total. The van der Waals surface area contributed by atoms with Crippen LogP contribution in [0.1, 0.15) is 28.9 Å². The van der Waals surface area contributed by atoms with E-state index in [1.54, 1.807) is 6.92 Å². The van der Waals surface area contributed by atoms with Gasteiger partial charge in [-0.3, -0.25) is 0 Å². The molecule has 0 spiro atoms. The fourth-order valence-electron chi connectivity index (χ4n) is 2.94. The fourth-order valence-corrected chi connectivity index (χ4v) is 3.88. The molecule has 0 radical (unpaired) electrons. The molecule has 0 saturated carbocycles. The molecule has 3 aromatic rings. The molecule has 174 valence electrons. The summed E-state index contributed by atoms with van der Waals surface area (Å²) in [4.78, 5) is 21.0. The van der Waals surface area contributed by atoms with Gasteiger partial charge in [0.1, 0.15) is 11.4 Å². The van der Waals surface area contributed by atoms with Crippen molar-refractivity contribution in [2.24, 2.45) is 0 Å². The van der Waals surface area contributed by atoms with E-state index in [1.165, 1.54) is 24.4 Å². The average molecular weight is 491 g/mol. The molecule has 0 unspecified atom stereocenters. The number of anilines is 3. The normalized spacial score (nSPS) is 12.1. The molecular weight excluding hydrogens is 468 g/mol. The van der Waals surface area contributed by atoms with Gasteiger partial charge in [-0.25, -0.2) is 18.2 Å². The highest BCUT2D eigenvalue weighted by atomic mass is 35.5. The molecule has 0 bridgehead atoms. The van der Waals surface area contributed by atoms with E-state index in [-0.39, 0.29) is 40.5 Å². The quantitative estimate of drug-likeness (QED) is 0.385. The topological polar surface area (TPSA) is 131 Å². The Kier molecular flexibility index (Phi) is 7.85. The second kappa shape index (κ2) is 10.6. The Hall–Kier alpha value is -3.21. The Balaban J connectivity index is 1.95. The molecular formula is C22H23ClN4O5S. The largest absolute Gasteiger partial charge is 0.462 e. The molecule has 1 aromatic heterocycles. The number of esters is 1. The highest BCUT2D eigenvalue weighted by molar-refractivity contribution is 7.90. The predicted octanol–water partition coefficient (Wildman–Crippen LogP) is 3.60. The minimum Gasteiger partial charge on any atom is -0.462 e. The van der Waals surface area contributed by atoms with Crippen LogP contribution in [0, 0.1) is 0 Å². The molecule has 0 aliphatic rings. The van der Waals surface area contributed by atoms with Gasteiger partial charge in [-0.05, 0) is 30.7 Å². The number of ether oxygens (including phenoxy) is 1. The van der Waals surface area contributed by atoms with Crippen LogP contribution < -0.4 is 10.6 Å². The maximum atomic E-state index is 12.4. The molecule has 1 atom stereocenters. The molecule has 0 saturated heterocycles. The van der Waals surface area contributed by atoms with Crippen molar-refractivity contribution in [3.8, 4) is 0 Å². The molecule has 2 aromatic carbocycles. The maximum absolute atomic E-state index is 12.4. The third-order valence-corrected chi connectivity index (χ3v) is 6.02. The van der Waals surface area contributed by atoms with E-state index in [9.17, 15) is 18.3 Å². The first-order valence-corrected chi connectivity index (χ1v) is 12.2. The Labute approximate surface area is 196 Å². The number of carbonyl (C=O) groups is 1. The van der Waals surface area contributed by atoms with Gasteiger partial charge in [-0.2, -0.15) is 4.98 Å². The molecule has 0 aliphatic heterocycles. The fraction of sp³-hybridized carbons (Fsp3) is 0.227. The molecule has 33 heavy (non-hydrogen) atoms. The predicted molar refractivity (Wildman–Crippen MR) is 126 cm³/mol. The molecule has 3 rings (SSSR count). The van der Waals surface area contributed by atoms with E-state index in [0.717, 1.165) is 11.8 Å². The summed E-state index contributed by atoms with van der Waals surface area (Å²) in [6.45, 7) is 1.60. The first-order valence-electron chi connectivity index (χ1n) is 9.96. The van der Waals surface area contributed by atoms with Gasteiger partial charge in [0, 0.05) is 12.5 Å². The molecule has 0 amide bonds. The summed E-state index contributed by atoms with van der Waals surface area (Å²) in [5.74, 6) is -0.367. The number of carbonyl (C=O) groups excluding carboxylic acids is 1. The summed E-state index contributed by atoms with van der Waals surface area (Å²) in [5, 5.41) is 16.0. The van der Waals surface area contributed by atoms with E-state index in [1.807, 2.05) is 30.3 Å². The second-order valence-corrected chi connectivity index (χ2v) is 9.43. The van der Waals surface area contributed by atoms with Crippen molar-refractivity contribution in [2.45, 2.75) is 17.9 Å². The highest BCUT2D eigenvalue weighted by Crippen LogP contribution is 2.28. The Morgan fingerprint density at radius 3 is 2.55 bits per heavy atom. The van der Waals surface area contributed by atoms with Crippen molar-refractivity contribution in [1.82, 2.24) is 9.97 Å². The zero-order valence-electron chi connectivity index (χ0n) is 17.9. The lowest BCUT2D eigenvalue weighted by Gasteiger charge is -2.19. The van der Waals surface area contributed by atoms with Crippen LogP contribution >= 0.6 is 11.6 Å². The number of aliphatic hydroxyl groups excluding tert-OH is 1. The molecule has 11 heteroatoms. The highest BCUT2D eigenvalue weighted by Gasteiger charge is 2.20. The molecule has 1 heterocycles. The van der Waals surface area contributed by atoms with Crippen molar-refractivity contribution in [3.05, 3.63) is 70.9 Å². The summed E-state index contributed by atoms with van der Waals surface area (Å²) in [6.07, 6.45) is 2.39. The molecule has 0 aliphatic carbocycles. The van der Waals surface area contributed by atoms with Crippen LogP contribution in [0.5, 0.6) is 0 Å². The van der Waals surface area contributed by atoms with Gasteiger partial charge in [0.25, 0.3) is 0 Å². The van der Waals surface area contributed by atoms with E-state index < -0.39 is 21.8 Å².